The van der Waals surface area contributed by atoms with Crippen molar-refractivity contribution in [2.75, 3.05) is 0 Å². The topological polar surface area (TPSA) is 72.2 Å². The number of nitrogens with two attached hydrogens (primary N) is 1. The van der Waals surface area contributed by atoms with Crippen LogP contribution >= 0.6 is 11.6 Å². The Balaban J connectivity index is 2.62. The third-order valence-corrected chi connectivity index (χ3v) is 3.57. The first-order valence-electron chi connectivity index (χ1n) is 5.63. The van der Waals surface area contributed by atoms with E-state index in [1.165, 1.54) is 0 Å². The summed E-state index contributed by atoms with van der Waals surface area (Å²) in [6.45, 7) is 3.95. The first kappa shape index (κ1) is 15.1. The molecule has 0 saturated carbocycles. The first-order chi connectivity index (χ1) is 8.40. The van der Waals surface area contributed by atoms with Gasteiger partial charge >= 0.3 is 0 Å². The maximum atomic E-state index is 11.9. The molecule has 0 bridgehead atoms. The molecule has 0 aromatic heterocycles. The van der Waals surface area contributed by atoms with Gasteiger partial charge in [-0.25, -0.2) is 4.21 Å². The predicted molar refractivity (Wildman–Crippen MR) is 73.4 cm³/mol. The summed E-state index contributed by atoms with van der Waals surface area (Å²) in [5.74, 6) is -0.104. The minimum Gasteiger partial charge on any atom is -0.320 e. The van der Waals surface area contributed by atoms with Gasteiger partial charge in [0.05, 0.1) is 10.9 Å². The molecule has 0 spiro atoms. The van der Waals surface area contributed by atoms with Gasteiger partial charge in [-0.05, 0) is 30.5 Å². The quantitative estimate of drug-likeness (QED) is 0.868. The van der Waals surface area contributed by atoms with Crippen molar-refractivity contribution in [3.05, 3.63) is 29.3 Å². The van der Waals surface area contributed by atoms with E-state index in [0.717, 1.165) is 0 Å². The van der Waals surface area contributed by atoms with Gasteiger partial charge in [-0.15, -0.1) is 0 Å². The molecule has 0 unspecified atom stereocenters. The Kier molecular flexibility index (Phi) is 5.78. The lowest BCUT2D eigenvalue weighted by atomic mass is 10.0. The highest BCUT2D eigenvalue weighted by Crippen LogP contribution is 2.13. The summed E-state index contributed by atoms with van der Waals surface area (Å²) in [5, 5.41) is 0.474. The lowest BCUT2D eigenvalue weighted by Gasteiger charge is -2.13. The summed E-state index contributed by atoms with van der Waals surface area (Å²) in [6.07, 6.45) is 0.554. The molecule has 100 valence electrons. The van der Waals surface area contributed by atoms with Crippen LogP contribution < -0.4 is 10.5 Å². The number of hydrogen-bond donors (Lipinski definition) is 2. The highest BCUT2D eigenvalue weighted by atomic mass is 35.5. The van der Waals surface area contributed by atoms with Gasteiger partial charge in [-0.3, -0.25) is 9.52 Å². The summed E-state index contributed by atoms with van der Waals surface area (Å²) in [4.78, 5) is 12.1. The fraction of sp³-hybridized carbons (Fsp3) is 0.417. The van der Waals surface area contributed by atoms with Crippen LogP contribution in [0.3, 0.4) is 0 Å². The standard InChI is InChI=1S/C12H17ClN2O2S/c1-8(2)6-11(14)12(16)15-18(17)10-5-3-4-9(13)7-10/h3-5,7-8,11H,6,14H2,1-2H3,(H,15,16)/t11-,18+/m0/s1. The lowest BCUT2D eigenvalue weighted by Crippen LogP contribution is -2.42. The molecule has 0 radical (unpaired) electrons. The largest absolute Gasteiger partial charge is 0.320 e. The van der Waals surface area contributed by atoms with Crippen molar-refractivity contribution < 1.29 is 9.00 Å². The molecule has 1 aromatic carbocycles. The maximum absolute atomic E-state index is 11.9. The number of benzene rings is 1. The highest BCUT2D eigenvalue weighted by molar-refractivity contribution is 7.83. The van der Waals surface area contributed by atoms with Crippen LogP contribution in [0.25, 0.3) is 0 Å². The molecule has 0 fully saturated rings. The molecule has 4 nitrogen and oxygen atoms in total. The second-order valence-corrected chi connectivity index (χ2v) is 6.08. The Morgan fingerprint density at radius 3 is 2.72 bits per heavy atom. The van der Waals surface area contributed by atoms with Crippen LogP contribution in [0, 0.1) is 5.92 Å². The van der Waals surface area contributed by atoms with Gasteiger partial charge < -0.3 is 5.73 Å². The summed E-state index contributed by atoms with van der Waals surface area (Å²) in [7, 11) is -1.62. The zero-order chi connectivity index (χ0) is 13.7. The molecule has 1 amide bonds. The molecule has 0 aliphatic heterocycles. The number of carbonyl (C=O) groups excluding carboxylic acids is 1. The lowest BCUT2D eigenvalue weighted by molar-refractivity contribution is -0.120. The summed E-state index contributed by atoms with van der Waals surface area (Å²) in [6, 6.07) is 5.89. The summed E-state index contributed by atoms with van der Waals surface area (Å²) < 4.78 is 14.2. The number of halogens is 1. The van der Waals surface area contributed by atoms with Crippen LogP contribution in [0.15, 0.2) is 29.2 Å². The molecular formula is C12H17ClN2O2S. The van der Waals surface area contributed by atoms with E-state index in [2.05, 4.69) is 4.72 Å². The van der Waals surface area contributed by atoms with Gasteiger partial charge in [0.2, 0.25) is 5.91 Å². The van der Waals surface area contributed by atoms with Crippen LogP contribution in [0.1, 0.15) is 20.3 Å². The molecule has 2 atom stereocenters. The van der Waals surface area contributed by atoms with E-state index in [-0.39, 0.29) is 0 Å². The molecule has 1 aromatic rings. The van der Waals surface area contributed by atoms with Crippen LogP contribution in [0.4, 0.5) is 0 Å². The fourth-order valence-corrected chi connectivity index (χ4v) is 2.57. The van der Waals surface area contributed by atoms with Crippen molar-refractivity contribution in [2.24, 2.45) is 11.7 Å². The predicted octanol–water partition coefficient (Wildman–Crippen LogP) is 1.85. The Morgan fingerprint density at radius 1 is 1.50 bits per heavy atom. The number of amides is 1. The van der Waals surface area contributed by atoms with Crippen molar-refractivity contribution in [3.8, 4) is 0 Å². The van der Waals surface area contributed by atoms with Crippen LogP contribution in [0.2, 0.25) is 5.02 Å². The Labute approximate surface area is 114 Å². The Morgan fingerprint density at radius 2 is 2.17 bits per heavy atom. The average Bonchev–Trinajstić information content (AvgIpc) is 2.27. The average molecular weight is 289 g/mol. The van der Waals surface area contributed by atoms with Crippen LogP contribution in [-0.2, 0) is 15.8 Å². The van der Waals surface area contributed by atoms with Crippen molar-refractivity contribution >= 4 is 28.5 Å². The van der Waals surface area contributed by atoms with Gasteiger partial charge in [0.15, 0.2) is 11.0 Å². The zero-order valence-electron chi connectivity index (χ0n) is 10.4. The second kappa shape index (κ2) is 6.87. The minimum absolute atomic E-state index is 0.311. The summed E-state index contributed by atoms with van der Waals surface area (Å²) >= 11 is 5.79. The smallest absolute Gasteiger partial charge is 0.248 e. The van der Waals surface area contributed by atoms with Gasteiger partial charge in [0.25, 0.3) is 0 Å². The molecule has 18 heavy (non-hydrogen) atoms. The SMILES string of the molecule is CC(C)C[C@H](N)C(=O)N[S@](=O)c1cccc(Cl)c1. The molecule has 0 aliphatic rings. The molecule has 6 heteroatoms. The Hall–Kier alpha value is -0.910. The van der Waals surface area contributed by atoms with Crippen LogP contribution in [0.5, 0.6) is 0 Å². The number of carbonyl (C=O) groups is 1. The third kappa shape index (κ3) is 4.76. The maximum Gasteiger partial charge on any atom is 0.248 e. The molecule has 3 N–H and O–H groups in total. The molecule has 1 rings (SSSR count). The van der Waals surface area contributed by atoms with Crippen molar-refractivity contribution in [3.63, 3.8) is 0 Å². The van der Waals surface area contributed by atoms with E-state index in [1.807, 2.05) is 13.8 Å². The van der Waals surface area contributed by atoms with Gasteiger partial charge in [0, 0.05) is 5.02 Å². The molecule has 0 saturated heterocycles. The normalized spacial score (nSPS) is 14.3. The minimum atomic E-state index is -1.62. The van der Waals surface area contributed by atoms with E-state index in [9.17, 15) is 9.00 Å². The van der Waals surface area contributed by atoms with Gasteiger partial charge in [0.1, 0.15) is 0 Å². The second-order valence-electron chi connectivity index (χ2n) is 4.43. The number of nitrogens with one attached hydrogen (secondary N) is 1. The van der Waals surface area contributed by atoms with E-state index < -0.39 is 22.9 Å². The zero-order valence-corrected chi connectivity index (χ0v) is 11.9. The molecular weight excluding hydrogens is 272 g/mol. The van der Waals surface area contributed by atoms with E-state index in [0.29, 0.717) is 22.3 Å². The van der Waals surface area contributed by atoms with E-state index >= 15 is 0 Å². The van der Waals surface area contributed by atoms with E-state index in [4.69, 9.17) is 17.3 Å². The van der Waals surface area contributed by atoms with Gasteiger partial charge in [-0.1, -0.05) is 31.5 Å². The molecule has 0 heterocycles. The fourth-order valence-electron chi connectivity index (χ4n) is 1.42. The van der Waals surface area contributed by atoms with E-state index in [1.54, 1.807) is 24.3 Å². The third-order valence-electron chi connectivity index (χ3n) is 2.27. The van der Waals surface area contributed by atoms with Crippen molar-refractivity contribution in [1.29, 1.82) is 0 Å². The molecule has 0 aliphatic carbocycles. The monoisotopic (exact) mass is 288 g/mol. The summed E-state index contributed by atoms with van der Waals surface area (Å²) in [5.41, 5.74) is 5.70. The Bertz CT molecular complexity index is 451. The first-order valence-corrected chi connectivity index (χ1v) is 7.16. The van der Waals surface area contributed by atoms with Gasteiger partial charge in [-0.2, -0.15) is 0 Å². The number of rotatable bonds is 5. The van der Waals surface area contributed by atoms with Crippen LogP contribution in [-0.4, -0.2) is 16.2 Å². The number of hydrogen-bond acceptors (Lipinski definition) is 3. The van der Waals surface area contributed by atoms with Crippen molar-refractivity contribution in [1.82, 2.24) is 4.72 Å². The van der Waals surface area contributed by atoms with Crippen molar-refractivity contribution in [2.45, 2.75) is 31.2 Å². The highest BCUT2D eigenvalue weighted by Gasteiger charge is 2.17.